The van der Waals surface area contributed by atoms with Crippen LogP contribution < -0.4 is 15.0 Å². The van der Waals surface area contributed by atoms with Crippen LogP contribution in [0.2, 0.25) is 0 Å². The van der Waals surface area contributed by atoms with Crippen molar-refractivity contribution in [3.8, 4) is 11.5 Å². The third kappa shape index (κ3) is 1.43. The van der Waals surface area contributed by atoms with Crippen molar-refractivity contribution in [2.24, 2.45) is 5.92 Å². The molecular weight excluding hydrogens is 222 g/mol. The molecule has 90 valence electrons. The molecule has 0 spiro atoms. The fraction of sp³-hybridized carbons (Fsp3) is 0.500. The largest absolute Gasteiger partial charge is 0.454 e. The molecule has 0 aliphatic carbocycles. The van der Waals surface area contributed by atoms with Gasteiger partial charge in [0.25, 0.3) is 0 Å². The van der Waals surface area contributed by atoms with Gasteiger partial charge in [-0.3, -0.25) is 0 Å². The molecule has 5 heteroatoms. The number of rotatable bonds is 1. The van der Waals surface area contributed by atoms with Crippen LogP contribution in [0.25, 0.3) is 0 Å². The Morgan fingerprint density at radius 2 is 2.06 bits per heavy atom. The topological polar surface area (TPSA) is 49.0 Å². The van der Waals surface area contributed by atoms with Gasteiger partial charge in [-0.25, -0.2) is 0 Å². The molecule has 3 heterocycles. The molecule has 3 atom stereocenters. The summed E-state index contributed by atoms with van der Waals surface area (Å²) in [4.78, 5) is 5.27. The van der Waals surface area contributed by atoms with Crippen LogP contribution in [0, 0.1) is 5.92 Å². The number of hydrogen-bond donors (Lipinski definition) is 1. The van der Waals surface area contributed by atoms with Crippen LogP contribution in [0.15, 0.2) is 18.2 Å². The monoisotopic (exact) mass is 235 g/mol. The van der Waals surface area contributed by atoms with E-state index in [1.165, 1.54) is 0 Å². The lowest BCUT2D eigenvalue weighted by atomic mass is 9.96. The van der Waals surface area contributed by atoms with Crippen molar-refractivity contribution < 1.29 is 19.0 Å². The average molecular weight is 235 g/mol. The second-order valence-corrected chi connectivity index (χ2v) is 4.58. The van der Waals surface area contributed by atoms with E-state index >= 15 is 0 Å². The molecule has 0 amide bonds. The molecule has 1 aromatic carbocycles. The molecule has 3 aliphatic heterocycles. The van der Waals surface area contributed by atoms with Gasteiger partial charge in [-0.15, -0.1) is 0 Å². The zero-order valence-electron chi connectivity index (χ0n) is 9.22. The van der Waals surface area contributed by atoms with Crippen LogP contribution in [0.4, 0.5) is 0 Å². The summed E-state index contributed by atoms with van der Waals surface area (Å²) in [6, 6.07) is 6.20. The lowest BCUT2D eigenvalue weighted by Gasteiger charge is -2.17. The van der Waals surface area contributed by atoms with Crippen molar-refractivity contribution in [1.29, 1.82) is 0 Å². The first-order chi connectivity index (χ1) is 8.42. The Morgan fingerprint density at radius 1 is 1.12 bits per heavy atom. The van der Waals surface area contributed by atoms with Crippen molar-refractivity contribution >= 4 is 0 Å². The van der Waals surface area contributed by atoms with E-state index in [0.29, 0.717) is 12.7 Å². The quantitative estimate of drug-likeness (QED) is 0.787. The summed E-state index contributed by atoms with van der Waals surface area (Å²) in [5, 5.41) is 0. The second-order valence-electron chi connectivity index (χ2n) is 4.58. The highest BCUT2D eigenvalue weighted by molar-refractivity contribution is 5.45. The maximum absolute atomic E-state index is 5.83. The minimum absolute atomic E-state index is 0.0389. The van der Waals surface area contributed by atoms with Crippen LogP contribution in [-0.2, 0) is 9.57 Å². The molecule has 0 aromatic heterocycles. The van der Waals surface area contributed by atoms with Crippen molar-refractivity contribution in [2.75, 3.05) is 20.0 Å². The summed E-state index contributed by atoms with van der Waals surface area (Å²) >= 11 is 0. The number of benzene rings is 1. The van der Waals surface area contributed by atoms with Gasteiger partial charge in [-0.2, -0.15) is 5.48 Å². The third-order valence-electron chi connectivity index (χ3n) is 3.57. The van der Waals surface area contributed by atoms with Gasteiger partial charge < -0.3 is 19.0 Å². The van der Waals surface area contributed by atoms with E-state index in [9.17, 15) is 0 Å². The zero-order valence-corrected chi connectivity index (χ0v) is 9.22. The molecule has 2 fully saturated rings. The SMILES string of the molecule is c1cc2c(cc1[C@@H]1OC[C@H]3CON[C@H]31)OCO2. The highest BCUT2D eigenvalue weighted by Gasteiger charge is 2.42. The smallest absolute Gasteiger partial charge is 0.231 e. The predicted molar refractivity (Wildman–Crippen MR) is 57.6 cm³/mol. The summed E-state index contributed by atoms with van der Waals surface area (Å²) in [5.41, 5.74) is 4.15. The van der Waals surface area contributed by atoms with Crippen LogP contribution in [0.1, 0.15) is 11.7 Å². The Balaban J connectivity index is 1.66. The molecule has 0 bridgehead atoms. The maximum Gasteiger partial charge on any atom is 0.231 e. The Bertz CT molecular complexity index is 450. The predicted octanol–water partition coefficient (Wildman–Crippen LogP) is 1.01. The van der Waals surface area contributed by atoms with Crippen LogP contribution >= 0.6 is 0 Å². The minimum atomic E-state index is 0.0389. The molecule has 0 radical (unpaired) electrons. The highest BCUT2D eigenvalue weighted by atomic mass is 16.7. The van der Waals surface area contributed by atoms with E-state index < -0.39 is 0 Å². The molecule has 5 nitrogen and oxygen atoms in total. The summed E-state index contributed by atoms with van der Waals surface area (Å²) in [5.74, 6) is 2.05. The Kier molecular flexibility index (Phi) is 2.05. The van der Waals surface area contributed by atoms with Crippen molar-refractivity contribution in [2.45, 2.75) is 12.1 Å². The van der Waals surface area contributed by atoms with E-state index in [1.807, 2.05) is 18.2 Å². The number of hydroxylamine groups is 1. The zero-order chi connectivity index (χ0) is 11.2. The van der Waals surface area contributed by atoms with Gasteiger partial charge in [0.05, 0.1) is 19.3 Å². The van der Waals surface area contributed by atoms with Gasteiger partial charge in [0.2, 0.25) is 6.79 Å². The molecule has 1 aromatic rings. The minimum Gasteiger partial charge on any atom is -0.454 e. The van der Waals surface area contributed by atoms with E-state index in [4.69, 9.17) is 19.0 Å². The molecule has 0 unspecified atom stereocenters. The maximum atomic E-state index is 5.83. The van der Waals surface area contributed by atoms with E-state index in [-0.39, 0.29) is 12.1 Å². The van der Waals surface area contributed by atoms with E-state index in [1.54, 1.807) is 0 Å². The summed E-state index contributed by atoms with van der Waals surface area (Å²) in [7, 11) is 0. The molecule has 17 heavy (non-hydrogen) atoms. The van der Waals surface area contributed by atoms with Crippen molar-refractivity contribution in [1.82, 2.24) is 5.48 Å². The molecule has 2 saturated heterocycles. The molecular formula is C12H13NO4. The van der Waals surface area contributed by atoms with Crippen LogP contribution in [0.3, 0.4) is 0 Å². The number of fused-ring (bicyclic) bond motifs is 2. The lowest BCUT2D eigenvalue weighted by molar-refractivity contribution is 0.0143. The summed E-state index contributed by atoms with van der Waals surface area (Å²) < 4.78 is 16.5. The molecule has 0 saturated carbocycles. The first kappa shape index (κ1) is 9.70. The van der Waals surface area contributed by atoms with Crippen LogP contribution in [-0.4, -0.2) is 26.0 Å². The van der Waals surface area contributed by atoms with Gasteiger partial charge >= 0.3 is 0 Å². The molecule has 1 N–H and O–H groups in total. The van der Waals surface area contributed by atoms with Crippen molar-refractivity contribution in [3.63, 3.8) is 0 Å². The Hall–Kier alpha value is -1.30. The normalized spacial score (nSPS) is 34.0. The Labute approximate surface area is 98.6 Å². The summed E-state index contributed by atoms with van der Waals surface area (Å²) in [6.07, 6.45) is 0.0389. The van der Waals surface area contributed by atoms with E-state index in [2.05, 4.69) is 5.48 Å². The fourth-order valence-electron chi connectivity index (χ4n) is 2.64. The third-order valence-corrected chi connectivity index (χ3v) is 3.57. The van der Waals surface area contributed by atoms with Gasteiger partial charge in [-0.1, -0.05) is 6.07 Å². The van der Waals surface area contributed by atoms with Crippen LogP contribution in [0.5, 0.6) is 11.5 Å². The number of hydrogen-bond acceptors (Lipinski definition) is 5. The van der Waals surface area contributed by atoms with Gasteiger partial charge in [-0.05, 0) is 17.7 Å². The highest BCUT2D eigenvalue weighted by Crippen LogP contribution is 2.40. The van der Waals surface area contributed by atoms with Gasteiger partial charge in [0.1, 0.15) is 6.10 Å². The Morgan fingerprint density at radius 3 is 3.06 bits per heavy atom. The lowest BCUT2D eigenvalue weighted by Crippen LogP contribution is -2.28. The number of nitrogens with one attached hydrogen (secondary N) is 1. The second kappa shape index (κ2) is 3.60. The molecule has 3 aliphatic rings. The molecule has 4 rings (SSSR count). The summed E-state index contributed by atoms with van der Waals surface area (Å²) in [6.45, 7) is 1.78. The standard InChI is InChI=1S/C12H13NO4/c1-2-9-10(16-6-15-9)3-7(1)12-11-8(4-14-12)5-17-13-11/h1-3,8,11-13H,4-6H2/t8-,11+,12-/m0/s1. The van der Waals surface area contributed by atoms with Gasteiger partial charge in [0, 0.05) is 5.92 Å². The van der Waals surface area contributed by atoms with E-state index in [0.717, 1.165) is 30.3 Å². The van der Waals surface area contributed by atoms with Gasteiger partial charge in [0.15, 0.2) is 11.5 Å². The first-order valence-electron chi connectivity index (χ1n) is 5.80. The average Bonchev–Trinajstić information content (AvgIpc) is 3.03. The fourth-order valence-corrected chi connectivity index (χ4v) is 2.64. The first-order valence-corrected chi connectivity index (χ1v) is 5.80. The number of ether oxygens (including phenoxy) is 3. The van der Waals surface area contributed by atoms with Crippen molar-refractivity contribution in [3.05, 3.63) is 23.8 Å².